The number of carbonyl (C=O) groups is 1. The number of aliphatic hydroxyl groups excluding tert-OH is 1. The van der Waals surface area contributed by atoms with E-state index in [0.717, 1.165) is 32.2 Å². The number of halogens is 2. The molecule has 1 aromatic rings. The van der Waals surface area contributed by atoms with E-state index in [4.69, 9.17) is 23.2 Å². The summed E-state index contributed by atoms with van der Waals surface area (Å²) in [5.41, 5.74) is 0.270. The molecule has 174 valence electrons. The molecular weight excluding hydrogens is 435 g/mol. The lowest BCUT2D eigenvalue weighted by Gasteiger charge is -2.50. The standard InChI is InChI=1S/C24H36Cl2N2O3/c1-14-17-7-5-6-16(8-10-24(3,4)31)18(17)9-11-28(14)21(30)12-19-20(25)13-27-23(15(2)29)22(19)26/h13-18,29,31H,5-12H2,1-4H3/t14-,15+,16-,17+,18-/m0/s1. The molecular formula is C24H36Cl2N2O3. The number of hydrogen-bond acceptors (Lipinski definition) is 4. The minimum Gasteiger partial charge on any atom is -0.390 e. The van der Waals surface area contributed by atoms with Gasteiger partial charge in [-0.15, -0.1) is 0 Å². The predicted molar refractivity (Wildman–Crippen MR) is 124 cm³/mol. The quantitative estimate of drug-likeness (QED) is 0.599. The fourth-order valence-corrected chi connectivity index (χ4v) is 6.27. The van der Waals surface area contributed by atoms with Crippen LogP contribution in [0.2, 0.25) is 10.0 Å². The number of piperidine rings is 1. The second-order valence-corrected chi connectivity index (χ2v) is 10.9. The van der Waals surface area contributed by atoms with Crippen LogP contribution in [-0.4, -0.2) is 44.2 Å². The molecule has 0 aromatic carbocycles. The van der Waals surface area contributed by atoms with Gasteiger partial charge in [-0.3, -0.25) is 9.78 Å². The average molecular weight is 471 g/mol. The van der Waals surface area contributed by atoms with Crippen molar-refractivity contribution >= 4 is 29.1 Å². The zero-order chi connectivity index (χ0) is 22.9. The van der Waals surface area contributed by atoms with Crippen molar-refractivity contribution in [1.82, 2.24) is 9.88 Å². The van der Waals surface area contributed by atoms with Crippen molar-refractivity contribution in [2.75, 3.05) is 6.54 Å². The summed E-state index contributed by atoms with van der Waals surface area (Å²) in [6.45, 7) is 8.27. The molecule has 2 aliphatic rings. The van der Waals surface area contributed by atoms with E-state index in [1.165, 1.54) is 19.0 Å². The first-order chi connectivity index (χ1) is 14.5. The van der Waals surface area contributed by atoms with Crippen LogP contribution in [0.4, 0.5) is 0 Å². The highest BCUT2D eigenvalue weighted by Crippen LogP contribution is 2.45. The van der Waals surface area contributed by atoms with Gasteiger partial charge in [0.05, 0.1) is 33.9 Å². The van der Waals surface area contributed by atoms with Crippen LogP contribution in [0.15, 0.2) is 6.20 Å². The van der Waals surface area contributed by atoms with E-state index in [2.05, 4.69) is 11.9 Å². The Hall–Kier alpha value is -0.880. The molecule has 1 amide bonds. The molecule has 7 heteroatoms. The van der Waals surface area contributed by atoms with Crippen LogP contribution in [0, 0.1) is 17.8 Å². The monoisotopic (exact) mass is 470 g/mol. The molecule has 0 unspecified atom stereocenters. The van der Waals surface area contributed by atoms with Gasteiger partial charge in [0.1, 0.15) is 0 Å². The van der Waals surface area contributed by atoms with Gasteiger partial charge in [0, 0.05) is 24.3 Å². The number of aromatic nitrogens is 1. The Bertz CT molecular complexity index is 794. The number of hydrogen-bond donors (Lipinski definition) is 2. The number of aliphatic hydroxyl groups is 2. The Balaban J connectivity index is 1.71. The number of amides is 1. The molecule has 31 heavy (non-hydrogen) atoms. The molecule has 2 heterocycles. The highest BCUT2D eigenvalue weighted by molar-refractivity contribution is 6.36. The third-order valence-electron chi connectivity index (χ3n) is 7.35. The Kier molecular flexibility index (Phi) is 7.94. The first-order valence-corrected chi connectivity index (χ1v) is 12.3. The number of likely N-dealkylation sites (tertiary alicyclic amines) is 1. The van der Waals surface area contributed by atoms with Crippen LogP contribution in [0.1, 0.15) is 83.6 Å². The lowest BCUT2D eigenvalue weighted by Crippen LogP contribution is -2.53. The van der Waals surface area contributed by atoms with Crippen molar-refractivity contribution in [1.29, 1.82) is 0 Å². The Morgan fingerprint density at radius 3 is 2.65 bits per heavy atom. The van der Waals surface area contributed by atoms with Gasteiger partial charge in [-0.1, -0.05) is 36.0 Å². The Morgan fingerprint density at radius 1 is 1.29 bits per heavy atom. The van der Waals surface area contributed by atoms with E-state index >= 15 is 0 Å². The summed E-state index contributed by atoms with van der Waals surface area (Å²) in [7, 11) is 0. The van der Waals surface area contributed by atoms with E-state index < -0.39 is 11.7 Å². The summed E-state index contributed by atoms with van der Waals surface area (Å²) < 4.78 is 0. The molecule has 5 atom stereocenters. The van der Waals surface area contributed by atoms with Crippen LogP contribution in [0.25, 0.3) is 0 Å². The number of carbonyl (C=O) groups excluding carboxylic acids is 1. The van der Waals surface area contributed by atoms with Gasteiger partial charge < -0.3 is 15.1 Å². The van der Waals surface area contributed by atoms with Crippen molar-refractivity contribution in [3.05, 3.63) is 27.5 Å². The van der Waals surface area contributed by atoms with Gasteiger partial charge in [-0.2, -0.15) is 0 Å². The lowest BCUT2D eigenvalue weighted by atomic mass is 9.64. The van der Waals surface area contributed by atoms with Crippen LogP contribution < -0.4 is 0 Å². The number of pyridine rings is 1. The zero-order valence-electron chi connectivity index (χ0n) is 19.1. The first-order valence-electron chi connectivity index (χ1n) is 11.5. The zero-order valence-corrected chi connectivity index (χ0v) is 20.6. The molecule has 5 nitrogen and oxygen atoms in total. The number of fused-ring (bicyclic) bond motifs is 1. The maximum Gasteiger partial charge on any atom is 0.227 e. The second kappa shape index (κ2) is 9.94. The molecule has 2 fully saturated rings. The smallest absolute Gasteiger partial charge is 0.227 e. The van der Waals surface area contributed by atoms with Gasteiger partial charge in [-0.25, -0.2) is 0 Å². The largest absolute Gasteiger partial charge is 0.390 e. The lowest BCUT2D eigenvalue weighted by molar-refractivity contribution is -0.138. The van der Waals surface area contributed by atoms with E-state index in [-0.39, 0.29) is 23.4 Å². The maximum absolute atomic E-state index is 13.3. The molecule has 0 bridgehead atoms. The fraction of sp³-hybridized carbons (Fsp3) is 0.750. The van der Waals surface area contributed by atoms with Crippen molar-refractivity contribution in [2.24, 2.45) is 17.8 Å². The number of nitrogens with zero attached hydrogens (tertiary/aromatic N) is 2. The highest BCUT2D eigenvalue weighted by Gasteiger charge is 2.42. The van der Waals surface area contributed by atoms with E-state index in [0.29, 0.717) is 34.0 Å². The van der Waals surface area contributed by atoms with Crippen molar-refractivity contribution in [3.8, 4) is 0 Å². The van der Waals surface area contributed by atoms with Gasteiger partial charge in [0.25, 0.3) is 0 Å². The summed E-state index contributed by atoms with van der Waals surface area (Å²) in [6, 6.07) is 0.173. The molecule has 2 N–H and O–H groups in total. The minimum absolute atomic E-state index is 0.0242. The third-order valence-corrected chi connectivity index (χ3v) is 8.10. The van der Waals surface area contributed by atoms with Gasteiger partial charge >= 0.3 is 0 Å². The van der Waals surface area contributed by atoms with Crippen LogP contribution in [-0.2, 0) is 11.2 Å². The van der Waals surface area contributed by atoms with E-state index in [1.807, 2.05) is 18.7 Å². The summed E-state index contributed by atoms with van der Waals surface area (Å²) >= 11 is 12.7. The Labute approximate surface area is 196 Å². The summed E-state index contributed by atoms with van der Waals surface area (Å²) in [6.07, 6.45) is 7.19. The molecule has 3 rings (SSSR count). The molecule has 1 aliphatic carbocycles. The molecule has 1 saturated heterocycles. The summed E-state index contributed by atoms with van der Waals surface area (Å²) in [5.74, 6) is 1.76. The van der Waals surface area contributed by atoms with Gasteiger partial charge in [-0.05, 0) is 71.1 Å². The second-order valence-electron chi connectivity index (χ2n) is 10.1. The minimum atomic E-state index is -0.823. The van der Waals surface area contributed by atoms with Crippen LogP contribution >= 0.6 is 23.2 Å². The van der Waals surface area contributed by atoms with Gasteiger partial charge in [0.15, 0.2) is 0 Å². The third kappa shape index (κ3) is 5.73. The normalized spacial score (nSPS) is 27.7. The molecule has 1 saturated carbocycles. The van der Waals surface area contributed by atoms with Crippen LogP contribution in [0.5, 0.6) is 0 Å². The van der Waals surface area contributed by atoms with Gasteiger partial charge in [0.2, 0.25) is 5.91 Å². The maximum atomic E-state index is 13.3. The predicted octanol–water partition coefficient (Wildman–Crippen LogP) is 5.19. The van der Waals surface area contributed by atoms with Crippen LogP contribution in [0.3, 0.4) is 0 Å². The average Bonchev–Trinajstić information content (AvgIpc) is 2.69. The van der Waals surface area contributed by atoms with Crippen molar-refractivity contribution < 1.29 is 15.0 Å². The SMILES string of the molecule is C[C@@H](O)c1ncc(Cl)c(CC(=O)N2CC[C@H]3[C@H](CCC(C)(C)O)CCC[C@@H]3[C@@H]2C)c1Cl. The molecule has 1 aromatic heterocycles. The summed E-state index contributed by atoms with van der Waals surface area (Å²) in [4.78, 5) is 19.4. The van der Waals surface area contributed by atoms with Crippen molar-refractivity contribution in [3.63, 3.8) is 0 Å². The first kappa shape index (κ1) is 24.8. The Morgan fingerprint density at radius 2 is 2.00 bits per heavy atom. The highest BCUT2D eigenvalue weighted by atomic mass is 35.5. The fourth-order valence-electron chi connectivity index (χ4n) is 5.64. The van der Waals surface area contributed by atoms with Crippen molar-refractivity contribution in [2.45, 2.75) is 90.4 Å². The summed E-state index contributed by atoms with van der Waals surface area (Å²) in [5, 5.41) is 20.7. The molecule has 0 radical (unpaired) electrons. The van der Waals surface area contributed by atoms with E-state index in [1.54, 1.807) is 6.92 Å². The van der Waals surface area contributed by atoms with E-state index in [9.17, 15) is 15.0 Å². The molecule has 1 aliphatic heterocycles. The number of rotatable bonds is 6. The molecule has 0 spiro atoms. The topological polar surface area (TPSA) is 73.7 Å².